The zero-order chi connectivity index (χ0) is 17.2. The van der Waals surface area contributed by atoms with Gasteiger partial charge in [-0.1, -0.05) is 18.2 Å². The number of para-hydroxylation sites is 1. The molecule has 6 heteroatoms. The van der Waals surface area contributed by atoms with Crippen LogP contribution in [0, 0.1) is 5.82 Å². The van der Waals surface area contributed by atoms with Crippen LogP contribution < -0.4 is 10.1 Å². The molecule has 5 nitrogen and oxygen atoms in total. The van der Waals surface area contributed by atoms with Crippen LogP contribution >= 0.6 is 0 Å². The first-order valence-electron chi connectivity index (χ1n) is 7.93. The van der Waals surface area contributed by atoms with E-state index in [0.717, 1.165) is 11.3 Å². The number of benzene rings is 2. The van der Waals surface area contributed by atoms with Gasteiger partial charge in [0.05, 0.1) is 24.3 Å². The molecule has 0 spiro atoms. The topological polar surface area (TPSA) is 64.4 Å². The van der Waals surface area contributed by atoms with Gasteiger partial charge in [0.2, 0.25) is 5.91 Å². The fourth-order valence-electron chi connectivity index (χ4n) is 2.99. The molecule has 0 radical (unpaired) electrons. The minimum Gasteiger partial charge on any atom is -0.493 e. The van der Waals surface area contributed by atoms with Crippen molar-refractivity contribution < 1.29 is 18.3 Å². The van der Waals surface area contributed by atoms with Gasteiger partial charge in [-0.2, -0.15) is 0 Å². The molecule has 0 fully saturated rings. The van der Waals surface area contributed by atoms with E-state index >= 15 is 0 Å². The first kappa shape index (κ1) is 15.4. The highest BCUT2D eigenvalue weighted by molar-refractivity contribution is 5.96. The van der Waals surface area contributed by atoms with Crippen LogP contribution in [0.15, 0.2) is 59.5 Å². The molecule has 2 heterocycles. The number of nitrogens with one attached hydrogen (secondary N) is 1. The number of ether oxygens (including phenoxy) is 1. The molecular formula is C19H15FN2O3. The Morgan fingerprint density at radius 1 is 1.24 bits per heavy atom. The average molecular weight is 338 g/mol. The number of aromatic nitrogens is 1. The van der Waals surface area contributed by atoms with Gasteiger partial charge in [-0.15, -0.1) is 0 Å². The van der Waals surface area contributed by atoms with Gasteiger partial charge in [-0.25, -0.2) is 9.37 Å². The van der Waals surface area contributed by atoms with Crippen molar-refractivity contribution in [3.8, 4) is 17.1 Å². The monoisotopic (exact) mass is 338 g/mol. The SMILES string of the molecule is O=C(Nc1ccc(-c2cnco2)c(F)c1)C1CCOc2ccccc21. The Hall–Kier alpha value is -3.15. The van der Waals surface area contributed by atoms with Crippen LogP contribution in [0.5, 0.6) is 5.75 Å². The summed E-state index contributed by atoms with van der Waals surface area (Å²) in [5.74, 6) is 0.0842. The van der Waals surface area contributed by atoms with Crippen molar-refractivity contribution in [3.63, 3.8) is 0 Å². The van der Waals surface area contributed by atoms with E-state index in [1.165, 1.54) is 18.7 Å². The summed E-state index contributed by atoms with van der Waals surface area (Å²) < 4.78 is 25.0. The zero-order valence-electron chi connectivity index (χ0n) is 13.2. The van der Waals surface area contributed by atoms with Crippen LogP contribution in [-0.2, 0) is 4.79 Å². The van der Waals surface area contributed by atoms with Crippen molar-refractivity contribution in [1.29, 1.82) is 0 Å². The highest BCUT2D eigenvalue weighted by atomic mass is 19.1. The number of carbonyl (C=O) groups is 1. The summed E-state index contributed by atoms with van der Waals surface area (Å²) in [6.45, 7) is 0.480. The van der Waals surface area contributed by atoms with E-state index < -0.39 is 5.82 Å². The first-order chi connectivity index (χ1) is 12.2. The average Bonchev–Trinajstić information content (AvgIpc) is 3.15. The van der Waals surface area contributed by atoms with Crippen LogP contribution in [0.2, 0.25) is 0 Å². The molecule has 1 unspecified atom stereocenters. The standard InChI is InChI=1S/C19H15FN2O3/c20-16-9-12(5-6-15(16)18-10-21-11-25-18)22-19(23)14-7-8-24-17-4-2-1-3-13(14)17/h1-6,9-11,14H,7-8H2,(H,22,23). The van der Waals surface area contributed by atoms with Crippen molar-refractivity contribution in [1.82, 2.24) is 4.98 Å². The summed E-state index contributed by atoms with van der Waals surface area (Å²) >= 11 is 0. The van der Waals surface area contributed by atoms with E-state index in [9.17, 15) is 9.18 Å². The molecule has 0 bridgehead atoms. The molecule has 1 aliphatic heterocycles. The molecule has 4 rings (SSSR count). The number of anilines is 1. The first-order valence-corrected chi connectivity index (χ1v) is 7.93. The number of oxazole rings is 1. The smallest absolute Gasteiger partial charge is 0.232 e. The molecule has 1 atom stereocenters. The van der Waals surface area contributed by atoms with Crippen molar-refractivity contribution in [3.05, 3.63) is 66.4 Å². The van der Waals surface area contributed by atoms with Crippen LogP contribution in [0.3, 0.4) is 0 Å². The predicted octanol–water partition coefficient (Wildman–Crippen LogP) is 3.99. The van der Waals surface area contributed by atoms with E-state index in [1.54, 1.807) is 12.1 Å². The van der Waals surface area contributed by atoms with Crippen molar-refractivity contribution in [2.75, 3.05) is 11.9 Å². The molecule has 126 valence electrons. The molecule has 0 aliphatic carbocycles. The van der Waals surface area contributed by atoms with Crippen LogP contribution in [0.1, 0.15) is 17.9 Å². The van der Waals surface area contributed by atoms with E-state index in [2.05, 4.69) is 10.3 Å². The van der Waals surface area contributed by atoms with Gasteiger partial charge in [-0.05, 0) is 30.7 Å². The van der Waals surface area contributed by atoms with Gasteiger partial charge >= 0.3 is 0 Å². The molecular weight excluding hydrogens is 323 g/mol. The third-order valence-electron chi connectivity index (χ3n) is 4.21. The summed E-state index contributed by atoms with van der Waals surface area (Å²) in [6, 6.07) is 12.0. The summed E-state index contributed by atoms with van der Waals surface area (Å²) in [6.07, 6.45) is 3.27. The largest absolute Gasteiger partial charge is 0.493 e. The molecule has 0 saturated carbocycles. The minimum atomic E-state index is -0.484. The molecule has 1 aromatic heterocycles. The Bertz CT molecular complexity index is 909. The second-order valence-corrected chi connectivity index (χ2v) is 5.78. The van der Waals surface area contributed by atoms with Crippen molar-refractivity contribution in [2.24, 2.45) is 0 Å². The van der Waals surface area contributed by atoms with Gasteiger partial charge in [-0.3, -0.25) is 4.79 Å². The van der Waals surface area contributed by atoms with Crippen molar-refractivity contribution in [2.45, 2.75) is 12.3 Å². The molecule has 2 aromatic carbocycles. The highest BCUT2D eigenvalue weighted by Crippen LogP contribution is 2.34. The third-order valence-corrected chi connectivity index (χ3v) is 4.21. The summed E-state index contributed by atoms with van der Waals surface area (Å²) in [7, 11) is 0. The van der Waals surface area contributed by atoms with Gasteiger partial charge in [0.1, 0.15) is 11.6 Å². The number of halogens is 1. The summed E-state index contributed by atoms with van der Waals surface area (Å²) in [5.41, 5.74) is 1.55. The molecule has 1 amide bonds. The third kappa shape index (κ3) is 2.98. The van der Waals surface area contributed by atoms with Gasteiger partial charge in [0, 0.05) is 11.3 Å². The Kier molecular flexibility index (Phi) is 3.93. The van der Waals surface area contributed by atoms with Crippen LogP contribution in [0.25, 0.3) is 11.3 Å². The number of hydrogen-bond acceptors (Lipinski definition) is 4. The lowest BCUT2D eigenvalue weighted by Gasteiger charge is -2.25. The van der Waals surface area contributed by atoms with E-state index in [0.29, 0.717) is 30.0 Å². The maximum Gasteiger partial charge on any atom is 0.232 e. The lowest BCUT2D eigenvalue weighted by molar-refractivity contribution is -0.118. The highest BCUT2D eigenvalue weighted by Gasteiger charge is 2.27. The number of nitrogens with zero attached hydrogens (tertiary/aromatic N) is 1. The number of hydrogen-bond donors (Lipinski definition) is 1. The van der Waals surface area contributed by atoms with E-state index in [1.807, 2.05) is 24.3 Å². The molecule has 3 aromatic rings. The Morgan fingerprint density at radius 3 is 2.92 bits per heavy atom. The normalized spacial score (nSPS) is 16.0. The summed E-state index contributed by atoms with van der Waals surface area (Å²) in [5, 5.41) is 2.79. The molecule has 1 N–H and O–H groups in total. The minimum absolute atomic E-state index is 0.178. The van der Waals surface area contributed by atoms with Gasteiger partial charge in [0.15, 0.2) is 12.2 Å². The fraction of sp³-hybridized carbons (Fsp3) is 0.158. The predicted molar refractivity (Wildman–Crippen MR) is 89.8 cm³/mol. The van der Waals surface area contributed by atoms with E-state index in [-0.39, 0.29) is 11.8 Å². The van der Waals surface area contributed by atoms with Crippen LogP contribution in [-0.4, -0.2) is 17.5 Å². The van der Waals surface area contributed by atoms with Crippen LogP contribution in [0.4, 0.5) is 10.1 Å². The Labute approximate surface area is 143 Å². The summed E-state index contributed by atoms with van der Waals surface area (Å²) in [4.78, 5) is 16.4. The maximum absolute atomic E-state index is 14.3. The van der Waals surface area contributed by atoms with Gasteiger partial charge < -0.3 is 14.5 Å². The molecule has 0 saturated heterocycles. The lowest BCUT2D eigenvalue weighted by Crippen LogP contribution is -2.26. The molecule has 25 heavy (non-hydrogen) atoms. The molecule has 1 aliphatic rings. The lowest BCUT2D eigenvalue weighted by atomic mass is 9.92. The maximum atomic E-state index is 14.3. The van der Waals surface area contributed by atoms with Gasteiger partial charge in [0.25, 0.3) is 0 Å². The quantitative estimate of drug-likeness (QED) is 0.784. The Balaban J connectivity index is 1.55. The number of fused-ring (bicyclic) bond motifs is 1. The Morgan fingerprint density at radius 2 is 2.12 bits per heavy atom. The number of amides is 1. The second kappa shape index (κ2) is 6.39. The number of rotatable bonds is 3. The van der Waals surface area contributed by atoms with Crippen molar-refractivity contribution >= 4 is 11.6 Å². The zero-order valence-corrected chi connectivity index (χ0v) is 13.2. The second-order valence-electron chi connectivity index (χ2n) is 5.78. The number of carbonyl (C=O) groups excluding carboxylic acids is 1. The fourth-order valence-corrected chi connectivity index (χ4v) is 2.99. The van der Waals surface area contributed by atoms with E-state index in [4.69, 9.17) is 9.15 Å².